The van der Waals surface area contributed by atoms with Crippen LogP contribution in [-0.4, -0.2) is 0 Å². The Morgan fingerprint density at radius 1 is 0.361 bits per heavy atom. The average molecular weight is 547 g/mol. The summed E-state index contributed by atoms with van der Waals surface area (Å²) < 4.78 is 0. The van der Waals surface area contributed by atoms with Crippen LogP contribution in [0.1, 0.15) is 223 Å². The Morgan fingerprint density at radius 2 is 0.583 bits per heavy atom. The van der Waals surface area contributed by atoms with Gasteiger partial charge in [-0.15, -0.1) is 0 Å². The van der Waals surface area contributed by atoms with Crippen molar-refractivity contribution in [1.82, 2.24) is 0 Å². The van der Waals surface area contributed by atoms with Crippen molar-refractivity contribution in [2.75, 3.05) is 0 Å². The lowest BCUT2D eigenvalue weighted by molar-refractivity contribution is 0.289. The van der Waals surface area contributed by atoms with Crippen molar-refractivity contribution in [3.63, 3.8) is 0 Å². The van der Waals surface area contributed by atoms with Gasteiger partial charge in [0.2, 0.25) is 0 Å². The maximum absolute atomic E-state index is 2.35. The zero-order valence-corrected chi connectivity index (χ0v) is 14.0. The van der Waals surface area contributed by atoms with Crippen LogP contribution in [0.3, 0.4) is 0 Å². The summed E-state index contributed by atoms with van der Waals surface area (Å²) in [6.07, 6.45) is 4.04. The Bertz CT molecular complexity index is 146. The van der Waals surface area contributed by atoms with Crippen molar-refractivity contribution in [3.05, 3.63) is 0 Å². The van der Waals surface area contributed by atoms with Crippen LogP contribution < -0.4 is 0 Å². The first kappa shape index (κ1) is 196. The van der Waals surface area contributed by atoms with Gasteiger partial charge in [-0.05, 0) is 36.0 Å². The molecule has 3 atom stereocenters. The second-order valence-electron chi connectivity index (χ2n) is 6.63. The first-order valence-corrected chi connectivity index (χ1v) is 7.76. The Hall–Kier alpha value is 0. The second kappa shape index (κ2) is 125. The van der Waals surface area contributed by atoms with E-state index in [-0.39, 0.29) is 141 Å². The Kier molecular flexibility index (Phi) is 680. The van der Waals surface area contributed by atoms with E-state index in [1.54, 1.807) is 0 Å². The molecular formula is C36H114. The summed E-state index contributed by atoms with van der Waals surface area (Å²) in [6, 6.07) is 0. The van der Waals surface area contributed by atoms with Gasteiger partial charge in [-0.25, -0.2) is 0 Å². The van der Waals surface area contributed by atoms with E-state index in [1.807, 2.05) is 0 Å². The Balaban J connectivity index is -0.00000000431. The van der Waals surface area contributed by atoms with Crippen LogP contribution in [0.15, 0.2) is 0 Å². The Morgan fingerprint density at radius 3 is 0.639 bits per heavy atom. The molecule has 0 aromatic heterocycles. The highest BCUT2D eigenvalue weighted by Crippen LogP contribution is 2.21. The molecule has 0 aromatic rings. The van der Waals surface area contributed by atoms with Crippen LogP contribution in [0.5, 0.6) is 0 Å². The summed E-state index contributed by atoms with van der Waals surface area (Å²) in [5.41, 5.74) is 0. The quantitative estimate of drug-likeness (QED) is 0.310. The van der Waals surface area contributed by atoms with Crippen LogP contribution >= 0.6 is 0 Å². The largest absolute Gasteiger partial charge is 0.0776 e. The SMILES string of the molecule is C.C.C.C.C.C.C.C.C.C.C.C.C.C.C.C.C.C.C.CCC(C)C(C)C(C)C.CCC(C)CC(C)C. The van der Waals surface area contributed by atoms with Crippen molar-refractivity contribution in [2.45, 2.75) is 223 Å². The molecule has 0 heteroatoms. The minimum atomic E-state index is 0. The highest BCUT2D eigenvalue weighted by molar-refractivity contribution is 4.62. The van der Waals surface area contributed by atoms with Crippen LogP contribution in [0.4, 0.5) is 0 Å². The molecule has 0 heterocycles. The predicted octanol–water partition coefficient (Wildman–Crippen LogP) is 18.5. The van der Waals surface area contributed by atoms with Gasteiger partial charge in [-0.1, -0.05) is 216 Å². The van der Waals surface area contributed by atoms with E-state index in [9.17, 15) is 0 Å². The molecule has 0 aromatic carbocycles. The van der Waals surface area contributed by atoms with Gasteiger partial charge in [0.25, 0.3) is 0 Å². The van der Waals surface area contributed by atoms with Crippen molar-refractivity contribution in [2.24, 2.45) is 29.6 Å². The normalized spacial score (nSPS) is 7.75. The molecule has 258 valence electrons. The van der Waals surface area contributed by atoms with Crippen molar-refractivity contribution in [1.29, 1.82) is 0 Å². The van der Waals surface area contributed by atoms with Gasteiger partial charge in [0.05, 0.1) is 0 Å². The van der Waals surface area contributed by atoms with Gasteiger partial charge < -0.3 is 0 Å². The fraction of sp³-hybridized carbons (Fsp3) is 1.00. The van der Waals surface area contributed by atoms with Crippen LogP contribution in [0.25, 0.3) is 0 Å². The molecule has 0 spiro atoms. The maximum Gasteiger partial charge on any atom is -0.0394 e. The summed E-state index contributed by atoms with van der Waals surface area (Å²) >= 11 is 0. The molecule has 0 aliphatic rings. The summed E-state index contributed by atoms with van der Waals surface area (Å²) in [7, 11) is 0. The number of hydrogen-bond donors (Lipinski definition) is 0. The first-order chi connectivity index (χ1) is 7.76. The van der Waals surface area contributed by atoms with E-state index in [4.69, 9.17) is 0 Å². The van der Waals surface area contributed by atoms with E-state index in [2.05, 4.69) is 62.3 Å². The monoisotopic (exact) mass is 547 g/mol. The molecule has 0 aliphatic carbocycles. The fourth-order valence-electron chi connectivity index (χ4n) is 2.00. The van der Waals surface area contributed by atoms with E-state index < -0.39 is 0 Å². The third-order valence-corrected chi connectivity index (χ3v) is 4.16. The van der Waals surface area contributed by atoms with Gasteiger partial charge >= 0.3 is 0 Å². The smallest absolute Gasteiger partial charge is 0.0394 e. The lowest BCUT2D eigenvalue weighted by atomic mass is 9.85. The highest BCUT2D eigenvalue weighted by atomic mass is 14.2. The van der Waals surface area contributed by atoms with Crippen molar-refractivity contribution in [3.8, 4) is 0 Å². The third kappa shape index (κ3) is 145. The van der Waals surface area contributed by atoms with Crippen molar-refractivity contribution >= 4 is 0 Å². The zero-order valence-electron chi connectivity index (χ0n) is 14.0. The molecule has 3 unspecified atom stereocenters. The molecule has 0 fully saturated rings. The molecule has 0 nitrogen and oxygen atoms in total. The molecule has 0 saturated carbocycles. The fourth-order valence-corrected chi connectivity index (χ4v) is 2.00. The lowest BCUT2D eigenvalue weighted by Crippen LogP contribution is -2.12. The average Bonchev–Trinajstić information content (AvgIpc) is 2.26. The van der Waals surface area contributed by atoms with E-state index in [0.717, 1.165) is 29.6 Å². The molecule has 0 radical (unpaired) electrons. The van der Waals surface area contributed by atoms with E-state index >= 15 is 0 Å². The summed E-state index contributed by atoms with van der Waals surface area (Å²) in [5, 5.41) is 0. The summed E-state index contributed by atoms with van der Waals surface area (Å²) in [5.74, 6) is 4.43. The van der Waals surface area contributed by atoms with Gasteiger partial charge in [0, 0.05) is 0 Å². The predicted molar refractivity (Wildman–Crippen MR) is 210 cm³/mol. The molecule has 0 bridgehead atoms. The molecule has 0 saturated heterocycles. The van der Waals surface area contributed by atoms with Crippen molar-refractivity contribution < 1.29 is 0 Å². The molecule has 0 rings (SSSR count). The lowest BCUT2D eigenvalue weighted by Gasteiger charge is -2.21. The van der Waals surface area contributed by atoms with Gasteiger partial charge in [-0.2, -0.15) is 0 Å². The minimum absolute atomic E-state index is 0. The van der Waals surface area contributed by atoms with E-state index in [0.29, 0.717) is 0 Å². The third-order valence-electron chi connectivity index (χ3n) is 4.16. The Labute approximate surface area is 252 Å². The van der Waals surface area contributed by atoms with Crippen LogP contribution in [-0.2, 0) is 0 Å². The molecule has 0 N–H and O–H groups in total. The highest BCUT2D eigenvalue weighted by Gasteiger charge is 2.12. The van der Waals surface area contributed by atoms with Crippen LogP contribution in [0.2, 0.25) is 0 Å². The number of rotatable bonds is 6. The standard InChI is InChI=1S/C9H20.C8H18.19CH4/c1-6-8(4)9(5)7(2)3;1-5-8(4)6-7(2)3;;;;;;;;;;;;;;;;;;;/h7-9H,6H2,1-5H3;7-8H,5-6H2,1-4H3;19*1H4. The minimum Gasteiger partial charge on any atom is -0.0776 e. The molecule has 0 aliphatic heterocycles. The molecular weight excluding hydrogens is 432 g/mol. The first-order valence-electron chi connectivity index (χ1n) is 7.76. The zero-order chi connectivity index (χ0) is 14.0. The summed E-state index contributed by atoms with van der Waals surface area (Å²) in [4.78, 5) is 0. The molecule has 36 heavy (non-hydrogen) atoms. The van der Waals surface area contributed by atoms with Crippen LogP contribution in [0, 0.1) is 29.6 Å². The van der Waals surface area contributed by atoms with Gasteiger partial charge in [0.15, 0.2) is 0 Å². The molecule has 0 amide bonds. The summed E-state index contributed by atoms with van der Waals surface area (Å²) in [6.45, 7) is 20.7. The maximum atomic E-state index is 2.35. The van der Waals surface area contributed by atoms with Gasteiger partial charge in [0.1, 0.15) is 0 Å². The second-order valence-corrected chi connectivity index (χ2v) is 6.63. The van der Waals surface area contributed by atoms with E-state index in [1.165, 1.54) is 19.3 Å². The number of hydrogen-bond acceptors (Lipinski definition) is 0. The van der Waals surface area contributed by atoms with Gasteiger partial charge in [-0.3, -0.25) is 0 Å². The topological polar surface area (TPSA) is 0 Å².